The lowest BCUT2D eigenvalue weighted by atomic mass is 9.95. The van der Waals surface area contributed by atoms with Gasteiger partial charge in [0.25, 0.3) is 0 Å². The SMILES string of the molecule is Bc1ccc(S(N)(=O)=O)c(C)c1. The average Bonchev–Trinajstić information content (AvgIpc) is 1.83. The average molecular weight is 183 g/mol. The minimum absolute atomic E-state index is 0.202. The topological polar surface area (TPSA) is 60.2 Å². The van der Waals surface area contributed by atoms with E-state index in [0.717, 1.165) is 5.46 Å². The minimum Gasteiger partial charge on any atom is -0.225 e. The van der Waals surface area contributed by atoms with Gasteiger partial charge in [0.2, 0.25) is 10.0 Å². The first kappa shape index (κ1) is 9.28. The number of hydrogen-bond acceptors (Lipinski definition) is 2. The zero-order chi connectivity index (χ0) is 9.35. The molecule has 0 radical (unpaired) electrons. The van der Waals surface area contributed by atoms with Gasteiger partial charge in [0.05, 0.1) is 4.90 Å². The van der Waals surface area contributed by atoms with Crippen LogP contribution in [-0.2, 0) is 10.0 Å². The lowest BCUT2D eigenvalue weighted by Crippen LogP contribution is -2.15. The lowest BCUT2D eigenvalue weighted by Gasteiger charge is -2.03. The monoisotopic (exact) mass is 183 g/mol. The van der Waals surface area contributed by atoms with Gasteiger partial charge in [-0.05, 0) is 18.6 Å². The number of hydrogen-bond donors (Lipinski definition) is 1. The molecule has 2 N–H and O–H groups in total. The zero-order valence-corrected chi connectivity index (χ0v) is 7.85. The maximum atomic E-state index is 10.9. The largest absolute Gasteiger partial charge is 0.238 e. The molecule has 1 rings (SSSR count). The Kier molecular flexibility index (Phi) is 2.26. The number of rotatable bonds is 1. The van der Waals surface area contributed by atoms with E-state index in [1.807, 2.05) is 7.85 Å². The van der Waals surface area contributed by atoms with Crippen molar-refractivity contribution in [3.05, 3.63) is 23.8 Å². The van der Waals surface area contributed by atoms with E-state index in [4.69, 9.17) is 5.14 Å². The van der Waals surface area contributed by atoms with Crippen LogP contribution >= 0.6 is 0 Å². The molecule has 0 aromatic heterocycles. The maximum Gasteiger partial charge on any atom is 0.238 e. The van der Waals surface area contributed by atoms with Crippen LogP contribution in [-0.4, -0.2) is 16.3 Å². The van der Waals surface area contributed by atoms with Gasteiger partial charge in [-0.1, -0.05) is 17.6 Å². The van der Waals surface area contributed by atoms with Gasteiger partial charge in [0.15, 0.2) is 0 Å². The predicted molar refractivity (Wildman–Crippen MR) is 50.7 cm³/mol. The summed E-state index contributed by atoms with van der Waals surface area (Å²) in [5.41, 5.74) is 1.72. The molecule has 0 bridgehead atoms. The molecule has 1 aromatic rings. The summed E-state index contributed by atoms with van der Waals surface area (Å²) < 4.78 is 21.9. The summed E-state index contributed by atoms with van der Waals surface area (Å²) >= 11 is 0. The number of primary sulfonamides is 1. The van der Waals surface area contributed by atoms with Gasteiger partial charge in [0, 0.05) is 0 Å². The Morgan fingerprint density at radius 1 is 1.42 bits per heavy atom. The predicted octanol–water partition coefficient (Wildman–Crippen LogP) is -1.10. The highest BCUT2D eigenvalue weighted by molar-refractivity contribution is 7.89. The highest BCUT2D eigenvalue weighted by Gasteiger charge is 2.09. The summed E-state index contributed by atoms with van der Waals surface area (Å²) in [5, 5.41) is 4.98. The smallest absolute Gasteiger partial charge is 0.225 e. The first-order chi connectivity index (χ1) is 5.41. The van der Waals surface area contributed by atoms with E-state index in [0.29, 0.717) is 5.56 Å². The molecule has 0 amide bonds. The molecule has 0 atom stereocenters. The van der Waals surface area contributed by atoms with E-state index in [1.165, 1.54) is 6.07 Å². The van der Waals surface area contributed by atoms with Crippen LogP contribution in [0.3, 0.4) is 0 Å². The third-order valence-corrected chi connectivity index (χ3v) is 2.71. The molecule has 0 spiro atoms. The highest BCUT2D eigenvalue weighted by atomic mass is 32.2. The van der Waals surface area contributed by atoms with E-state index < -0.39 is 10.0 Å². The molecule has 0 aliphatic rings. The van der Waals surface area contributed by atoms with E-state index in [9.17, 15) is 8.42 Å². The molecule has 0 unspecified atom stereocenters. The zero-order valence-electron chi connectivity index (χ0n) is 7.03. The van der Waals surface area contributed by atoms with Gasteiger partial charge in [0.1, 0.15) is 7.85 Å². The van der Waals surface area contributed by atoms with Gasteiger partial charge < -0.3 is 0 Å². The molecule has 5 heteroatoms. The fourth-order valence-corrected chi connectivity index (χ4v) is 1.88. The first-order valence-corrected chi connectivity index (χ1v) is 5.06. The Labute approximate surface area is 73.0 Å². The molecule has 1 aromatic carbocycles. The van der Waals surface area contributed by atoms with Crippen molar-refractivity contribution in [1.29, 1.82) is 0 Å². The number of aryl methyl sites for hydroxylation is 1. The molecular formula is C7H10BNO2S. The van der Waals surface area contributed by atoms with Crippen molar-refractivity contribution in [3.8, 4) is 0 Å². The van der Waals surface area contributed by atoms with Crippen molar-refractivity contribution in [2.75, 3.05) is 0 Å². The van der Waals surface area contributed by atoms with Crippen molar-refractivity contribution >= 4 is 23.3 Å². The maximum absolute atomic E-state index is 10.9. The molecule has 0 heterocycles. The molecule has 0 fully saturated rings. The number of nitrogens with two attached hydrogens (primary N) is 1. The first-order valence-electron chi connectivity index (χ1n) is 3.51. The minimum atomic E-state index is -3.55. The standard InChI is InChI=1S/C7H10BNO2S/c1-5-4-6(8)2-3-7(5)12(9,10)11/h2-4H,8H2,1H3,(H2,9,10,11). The van der Waals surface area contributed by atoms with Crippen molar-refractivity contribution in [1.82, 2.24) is 0 Å². The Bertz CT molecular complexity index is 400. The van der Waals surface area contributed by atoms with Crippen LogP contribution in [0.1, 0.15) is 5.56 Å². The van der Waals surface area contributed by atoms with Crippen molar-refractivity contribution < 1.29 is 8.42 Å². The van der Waals surface area contributed by atoms with E-state index in [1.54, 1.807) is 19.1 Å². The van der Waals surface area contributed by atoms with E-state index >= 15 is 0 Å². The van der Waals surface area contributed by atoms with Crippen molar-refractivity contribution in [2.24, 2.45) is 5.14 Å². The molecule has 3 nitrogen and oxygen atoms in total. The second kappa shape index (κ2) is 2.92. The van der Waals surface area contributed by atoms with Crippen LogP contribution in [0, 0.1) is 6.92 Å². The molecule has 12 heavy (non-hydrogen) atoms. The van der Waals surface area contributed by atoms with E-state index in [-0.39, 0.29) is 4.90 Å². The fraction of sp³-hybridized carbons (Fsp3) is 0.143. The second-order valence-corrected chi connectivity index (χ2v) is 4.34. The Morgan fingerprint density at radius 2 is 2.00 bits per heavy atom. The van der Waals surface area contributed by atoms with Crippen LogP contribution < -0.4 is 10.6 Å². The van der Waals surface area contributed by atoms with Gasteiger partial charge >= 0.3 is 0 Å². The molecule has 0 aliphatic carbocycles. The molecule has 0 saturated carbocycles. The Hall–Kier alpha value is -0.805. The van der Waals surface area contributed by atoms with E-state index in [2.05, 4.69) is 0 Å². The van der Waals surface area contributed by atoms with Gasteiger partial charge in [-0.3, -0.25) is 0 Å². The summed E-state index contributed by atoms with van der Waals surface area (Å²) in [5.74, 6) is 0. The normalized spacial score (nSPS) is 11.5. The van der Waals surface area contributed by atoms with Crippen LogP contribution in [0.5, 0.6) is 0 Å². The quantitative estimate of drug-likeness (QED) is 0.562. The van der Waals surface area contributed by atoms with Crippen LogP contribution in [0.2, 0.25) is 0 Å². The van der Waals surface area contributed by atoms with Gasteiger partial charge in [-0.15, -0.1) is 0 Å². The fourth-order valence-electron chi connectivity index (χ4n) is 1.12. The second-order valence-electron chi connectivity index (χ2n) is 2.81. The Morgan fingerprint density at radius 3 is 2.42 bits per heavy atom. The summed E-state index contributed by atoms with van der Waals surface area (Å²) in [6.45, 7) is 1.73. The molecule has 0 saturated heterocycles. The third-order valence-electron chi connectivity index (χ3n) is 1.64. The molecular weight excluding hydrogens is 173 g/mol. The summed E-state index contributed by atoms with van der Waals surface area (Å²) in [4.78, 5) is 0.202. The van der Waals surface area contributed by atoms with Crippen LogP contribution in [0.4, 0.5) is 0 Å². The number of benzene rings is 1. The van der Waals surface area contributed by atoms with Crippen molar-refractivity contribution in [2.45, 2.75) is 11.8 Å². The molecule has 0 aliphatic heterocycles. The van der Waals surface area contributed by atoms with Crippen LogP contribution in [0.25, 0.3) is 0 Å². The summed E-state index contributed by atoms with van der Waals surface area (Å²) in [7, 11) is -1.65. The summed E-state index contributed by atoms with van der Waals surface area (Å²) in [6, 6.07) is 5.05. The highest BCUT2D eigenvalue weighted by Crippen LogP contribution is 2.09. The Balaban J connectivity index is 3.39. The lowest BCUT2D eigenvalue weighted by molar-refractivity contribution is 0.597. The third kappa shape index (κ3) is 1.87. The van der Waals surface area contributed by atoms with Crippen LogP contribution in [0.15, 0.2) is 23.1 Å². The number of sulfonamides is 1. The summed E-state index contributed by atoms with van der Waals surface area (Å²) in [6.07, 6.45) is 0. The van der Waals surface area contributed by atoms with Crippen molar-refractivity contribution in [3.63, 3.8) is 0 Å². The molecule has 64 valence electrons. The van der Waals surface area contributed by atoms with Gasteiger partial charge in [-0.2, -0.15) is 0 Å². The van der Waals surface area contributed by atoms with Gasteiger partial charge in [-0.25, -0.2) is 13.6 Å².